The number of hydrogen-bond donors (Lipinski definition) is 1. The number of hydrogen-bond acceptors (Lipinski definition) is 4. The second kappa shape index (κ2) is 7.81. The number of likely N-dealkylation sites (tertiary alicyclic amines) is 1. The lowest BCUT2D eigenvalue weighted by Gasteiger charge is -2.40. The molecular weight excluding hydrogens is 411 g/mol. The van der Waals surface area contributed by atoms with Crippen LogP contribution in [0.3, 0.4) is 0 Å². The Morgan fingerprint density at radius 2 is 1.93 bits per heavy atom. The molecule has 5 nitrogen and oxygen atoms in total. The van der Waals surface area contributed by atoms with Crippen LogP contribution in [0, 0.1) is 0 Å². The lowest BCUT2D eigenvalue weighted by Crippen LogP contribution is -2.43. The minimum atomic E-state index is -5.75. The van der Waals surface area contributed by atoms with Crippen molar-refractivity contribution in [2.24, 2.45) is 0 Å². The van der Waals surface area contributed by atoms with Gasteiger partial charge in [-0.1, -0.05) is 0 Å². The van der Waals surface area contributed by atoms with Gasteiger partial charge in [-0.3, -0.25) is 4.79 Å². The number of nitrogens with zero attached hydrogens (tertiary/aromatic N) is 1. The van der Waals surface area contributed by atoms with Crippen LogP contribution in [0.15, 0.2) is 23.8 Å². The van der Waals surface area contributed by atoms with Crippen LogP contribution in [0.4, 0.5) is 22.0 Å². The van der Waals surface area contributed by atoms with Crippen molar-refractivity contribution in [2.75, 3.05) is 19.7 Å². The van der Waals surface area contributed by atoms with Gasteiger partial charge in [0.15, 0.2) is 0 Å². The number of ether oxygens (including phenoxy) is 1. The Hall–Kier alpha value is -2.20. The van der Waals surface area contributed by atoms with Crippen LogP contribution in [0.5, 0.6) is 5.75 Å². The first kappa shape index (κ1) is 22.5. The van der Waals surface area contributed by atoms with Gasteiger partial charge in [-0.05, 0) is 45.4 Å². The van der Waals surface area contributed by atoms with Crippen LogP contribution in [-0.4, -0.2) is 42.3 Å². The lowest BCUT2D eigenvalue weighted by molar-refractivity contribution is -0.289. The van der Waals surface area contributed by atoms with Gasteiger partial charge in [0.1, 0.15) is 11.4 Å². The van der Waals surface area contributed by atoms with Crippen molar-refractivity contribution in [3.63, 3.8) is 0 Å². The Balaban J connectivity index is 2.20. The number of carbonyl (C=O) groups excluding carboxylic acids is 1. The molecule has 0 aromatic heterocycles. The summed E-state index contributed by atoms with van der Waals surface area (Å²) in [5.41, 5.74) is 1.39. The molecule has 2 aliphatic heterocycles. The molecule has 1 saturated heterocycles. The average molecular weight is 434 g/mol. The number of rotatable bonds is 6. The van der Waals surface area contributed by atoms with E-state index < -0.39 is 23.3 Å². The average Bonchev–Trinajstić information content (AvgIpc) is 3.06. The SMILES string of the molecule is CCONCC1=C(N2CCCC2=O)c2cc(C(F)(F)C(F)(F)F)ccc2OC1(C)C. The van der Waals surface area contributed by atoms with E-state index in [1.165, 1.54) is 4.90 Å². The number of carbonyl (C=O) groups is 1. The molecule has 0 aliphatic carbocycles. The normalized spacial score (nSPS) is 19.2. The van der Waals surface area contributed by atoms with E-state index in [9.17, 15) is 26.7 Å². The fraction of sp³-hybridized carbons (Fsp3) is 0.550. The molecule has 30 heavy (non-hydrogen) atoms. The van der Waals surface area contributed by atoms with Crippen LogP contribution >= 0.6 is 0 Å². The summed E-state index contributed by atoms with van der Waals surface area (Å²) in [4.78, 5) is 19.1. The second-order valence-corrected chi connectivity index (χ2v) is 7.63. The van der Waals surface area contributed by atoms with E-state index in [2.05, 4.69) is 5.48 Å². The zero-order valence-corrected chi connectivity index (χ0v) is 16.8. The summed E-state index contributed by atoms with van der Waals surface area (Å²) in [7, 11) is 0. The van der Waals surface area contributed by atoms with Crippen LogP contribution in [0.25, 0.3) is 5.70 Å². The van der Waals surface area contributed by atoms with E-state index in [4.69, 9.17) is 9.57 Å². The van der Waals surface area contributed by atoms with Gasteiger partial charge >= 0.3 is 12.1 Å². The van der Waals surface area contributed by atoms with Gasteiger partial charge in [-0.15, -0.1) is 0 Å². The Morgan fingerprint density at radius 3 is 2.50 bits per heavy atom. The van der Waals surface area contributed by atoms with Crippen LogP contribution in [0.2, 0.25) is 0 Å². The lowest BCUT2D eigenvalue weighted by atomic mass is 9.87. The Morgan fingerprint density at radius 1 is 1.23 bits per heavy atom. The standard InChI is InChI=1S/C20H23F5N2O3/c1-4-29-26-11-14-17(27-9-5-6-16(27)28)13-10-12(19(21,22)20(23,24)25)7-8-15(13)30-18(14,2)3/h7-8,10,26H,4-6,9,11H2,1-3H3. The number of halogens is 5. The van der Waals surface area contributed by atoms with E-state index in [-0.39, 0.29) is 35.9 Å². The molecule has 0 unspecified atom stereocenters. The maximum atomic E-state index is 14.0. The Kier molecular flexibility index (Phi) is 5.85. The molecule has 0 radical (unpaired) electrons. The first-order valence-corrected chi connectivity index (χ1v) is 9.57. The molecule has 3 rings (SSSR count). The minimum Gasteiger partial charge on any atom is -0.483 e. The molecule has 1 aromatic rings. The third-order valence-electron chi connectivity index (χ3n) is 5.17. The summed E-state index contributed by atoms with van der Waals surface area (Å²) < 4.78 is 72.8. The molecule has 1 aromatic carbocycles. The Bertz CT molecular complexity index is 864. The minimum absolute atomic E-state index is 0.0271. The van der Waals surface area contributed by atoms with E-state index in [0.717, 1.165) is 12.1 Å². The highest BCUT2D eigenvalue weighted by molar-refractivity contribution is 5.91. The van der Waals surface area contributed by atoms with Gasteiger partial charge < -0.3 is 14.5 Å². The van der Waals surface area contributed by atoms with Crippen molar-refractivity contribution in [3.05, 3.63) is 34.9 Å². The van der Waals surface area contributed by atoms with Crippen LogP contribution in [-0.2, 0) is 15.6 Å². The van der Waals surface area contributed by atoms with Gasteiger partial charge in [0.25, 0.3) is 0 Å². The quantitative estimate of drug-likeness (QED) is 0.410. The number of alkyl halides is 5. The van der Waals surface area contributed by atoms with Crippen molar-refractivity contribution in [3.8, 4) is 5.75 Å². The molecule has 0 spiro atoms. The predicted molar refractivity (Wildman–Crippen MR) is 98.6 cm³/mol. The number of nitrogens with one attached hydrogen (secondary N) is 1. The zero-order chi connectivity index (χ0) is 22.3. The van der Waals surface area contributed by atoms with Crippen LogP contribution < -0.4 is 10.2 Å². The Labute approximate surface area is 170 Å². The van der Waals surface area contributed by atoms with Gasteiger partial charge in [-0.2, -0.15) is 27.4 Å². The maximum Gasteiger partial charge on any atom is 0.458 e. The van der Waals surface area contributed by atoms with Crippen LogP contribution in [0.1, 0.15) is 44.7 Å². The van der Waals surface area contributed by atoms with Gasteiger partial charge in [0.2, 0.25) is 5.91 Å². The van der Waals surface area contributed by atoms with Crippen molar-refractivity contribution in [1.82, 2.24) is 10.4 Å². The summed E-state index contributed by atoms with van der Waals surface area (Å²) in [5, 5.41) is 0. The fourth-order valence-corrected chi connectivity index (χ4v) is 3.66. The zero-order valence-electron chi connectivity index (χ0n) is 16.8. The van der Waals surface area contributed by atoms with E-state index in [0.29, 0.717) is 31.2 Å². The summed E-state index contributed by atoms with van der Waals surface area (Å²) in [6.07, 6.45) is -4.92. The highest BCUT2D eigenvalue weighted by Crippen LogP contribution is 2.48. The molecule has 0 atom stereocenters. The van der Waals surface area contributed by atoms with Crippen molar-refractivity contribution < 1.29 is 36.3 Å². The highest BCUT2D eigenvalue weighted by Gasteiger charge is 2.59. The predicted octanol–water partition coefficient (Wildman–Crippen LogP) is 4.39. The van der Waals surface area contributed by atoms with Crippen molar-refractivity contribution in [2.45, 2.75) is 51.3 Å². The topological polar surface area (TPSA) is 50.8 Å². The highest BCUT2D eigenvalue weighted by atomic mass is 19.4. The van der Waals surface area contributed by atoms with Crippen molar-refractivity contribution in [1.29, 1.82) is 0 Å². The monoisotopic (exact) mass is 434 g/mol. The summed E-state index contributed by atoms with van der Waals surface area (Å²) in [5.74, 6) is -5.13. The van der Waals surface area contributed by atoms with Crippen molar-refractivity contribution >= 4 is 11.6 Å². The molecular formula is C20H23F5N2O3. The smallest absolute Gasteiger partial charge is 0.458 e. The van der Waals surface area contributed by atoms with E-state index in [1.54, 1.807) is 20.8 Å². The maximum absolute atomic E-state index is 14.0. The largest absolute Gasteiger partial charge is 0.483 e. The second-order valence-electron chi connectivity index (χ2n) is 7.63. The van der Waals surface area contributed by atoms with Gasteiger partial charge in [0.05, 0.1) is 12.3 Å². The number of amides is 1. The van der Waals surface area contributed by atoms with E-state index in [1.807, 2.05) is 0 Å². The molecule has 0 saturated carbocycles. The molecule has 10 heteroatoms. The number of hydroxylamine groups is 1. The van der Waals surface area contributed by atoms with E-state index >= 15 is 0 Å². The molecule has 1 amide bonds. The molecule has 166 valence electrons. The molecule has 2 aliphatic rings. The molecule has 1 N–H and O–H groups in total. The molecule has 2 heterocycles. The number of fused-ring (bicyclic) bond motifs is 1. The first-order valence-electron chi connectivity index (χ1n) is 9.57. The number of benzene rings is 1. The summed E-state index contributed by atoms with van der Waals surface area (Å²) in [6.45, 7) is 6.01. The molecule has 1 fully saturated rings. The van der Waals surface area contributed by atoms with Gasteiger partial charge in [0, 0.05) is 36.2 Å². The first-order chi connectivity index (χ1) is 13.9. The summed E-state index contributed by atoms with van der Waals surface area (Å²) in [6, 6.07) is 2.56. The summed E-state index contributed by atoms with van der Waals surface area (Å²) >= 11 is 0. The fourth-order valence-electron chi connectivity index (χ4n) is 3.66. The molecule has 0 bridgehead atoms. The third kappa shape index (κ3) is 3.90. The van der Waals surface area contributed by atoms with Gasteiger partial charge in [-0.25, -0.2) is 0 Å². The third-order valence-corrected chi connectivity index (χ3v) is 5.17.